The van der Waals surface area contributed by atoms with Crippen LogP contribution in [0.15, 0.2) is 39.5 Å². The molecular formula is C19H20N6O4. The van der Waals surface area contributed by atoms with Gasteiger partial charge in [-0.1, -0.05) is 10.2 Å². The zero-order chi connectivity index (χ0) is 20.2. The maximum atomic E-state index is 12.6. The summed E-state index contributed by atoms with van der Waals surface area (Å²) in [4.78, 5) is 25.1. The lowest BCUT2D eigenvalue weighted by molar-refractivity contribution is 0.102. The highest BCUT2D eigenvalue weighted by atomic mass is 16.5. The first-order valence-electron chi connectivity index (χ1n) is 9.28. The van der Waals surface area contributed by atoms with Crippen molar-refractivity contribution < 1.29 is 13.9 Å². The van der Waals surface area contributed by atoms with Crippen molar-refractivity contribution in [2.45, 2.75) is 25.7 Å². The first kappa shape index (κ1) is 18.8. The van der Waals surface area contributed by atoms with Crippen LogP contribution in [0, 0.1) is 6.92 Å². The van der Waals surface area contributed by atoms with Crippen LogP contribution in [0.5, 0.6) is 11.8 Å². The zero-order valence-corrected chi connectivity index (χ0v) is 15.8. The van der Waals surface area contributed by atoms with Crippen LogP contribution in [0.1, 0.15) is 40.4 Å². The Morgan fingerprint density at radius 3 is 2.79 bits per heavy atom. The number of carbonyl (C=O) groups excluding carboxylic acids is 1. The molecule has 2 aromatic heterocycles. The average Bonchev–Trinajstić information content (AvgIpc) is 3.23. The van der Waals surface area contributed by atoms with Crippen LogP contribution in [0.4, 0.5) is 5.69 Å². The van der Waals surface area contributed by atoms with Crippen molar-refractivity contribution in [2.24, 2.45) is 0 Å². The van der Waals surface area contributed by atoms with Crippen molar-refractivity contribution in [3.8, 4) is 11.8 Å². The summed E-state index contributed by atoms with van der Waals surface area (Å²) in [5.41, 5.74) is 0.482. The molecule has 1 aliphatic heterocycles. The Bertz CT molecular complexity index is 1040. The number of nitrogens with zero attached hydrogens (tertiary/aromatic N) is 3. The molecule has 29 heavy (non-hydrogen) atoms. The fourth-order valence-electron chi connectivity index (χ4n) is 3.30. The number of aromatic nitrogens is 4. The minimum atomic E-state index is -0.625. The van der Waals surface area contributed by atoms with E-state index in [1.54, 1.807) is 37.3 Å². The summed E-state index contributed by atoms with van der Waals surface area (Å²) in [6, 6.07) is 8.44. The highest BCUT2D eigenvalue weighted by Crippen LogP contribution is 2.24. The molecule has 1 unspecified atom stereocenters. The topological polar surface area (TPSA) is 135 Å². The Morgan fingerprint density at radius 1 is 1.31 bits per heavy atom. The monoisotopic (exact) mass is 396 g/mol. The van der Waals surface area contributed by atoms with Crippen LogP contribution < -0.4 is 21.0 Å². The molecule has 0 saturated carbocycles. The van der Waals surface area contributed by atoms with Gasteiger partial charge in [0.25, 0.3) is 5.91 Å². The molecular weight excluding hydrogens is 376 g/mol. The van der Waals surface area contributed by atoms with E-state index in [2.05, 4.69) is 31.3 Å². The van der Waals surface area contributed by atoms with Crippen molar-refractivity contribution in [1.29, 1.82) is 0 Å². The van der Waals surface area contributed by atoms with E-state index in [1.165, 1.54) is 0 Å². The standard InChI is InChI=1S/C19H20N6O4/c1-11-9-15(12-3-2-8-20-10-12)29-18(27)16(11)17(26)21-13-4-6-14(7-5-13)28-19-22-24-25-23-19/h4-7,9,12,20H,2-3,8,10H2,1H3,(H,21,26)(H,22,23,24,25). The number of ether oxygens (including phenoxy) is 1. The molecule has 0 bridgehead atoms. The minimum Gasteiger partial charge on any atom is -0.427 e. The van der Waals surface area contributed by atoms with E-state index in [0.29, 0.717) is 22.8 Å². The van der Waals surface area contributed by atoms with E-state index < -0.39 is 11.5 Å². The van der Waals surface area contributed by atoms with Gasteiger partial charge in [-0.15, -0.1) is 0 Å². The number of nitrogens with one attached hydrogen (secondary N) is 3. The number of aromatic amines is 1. The van der Waals surface area contributed by atoms with Gasteiger partial charge in [0, 0.05) is 18.2 Å². The third-order valence-electron chi connectivity index (χ3n) is 4.74. The Hall–Kier alpha value is -3.53. The second-order valence-corrected chi connectivity index (χ2v) is 6.81. The molecule has 1 atom stereocenters. The molecule has 10 heteroatoms. The van der Waals surface area contributed by atoms with Gasteiger partial charge in [-0.2, -0.15) is 5.21 Å². The molecule has 10 nitrogen and oxygen atoms in total. The predicted molar refractivity (Wildman–Crippen MR) is 103 cm³/mol. The molecule has 1 aliphatic rings. The fourth-order valence-corrected chi connectivity index (χ4v) is 3.30. The predicted octanol–water partition coefficient (Wildman–Crippen LogP) is 1.97. The summed E-state index contributed by atoms with van der Waals surface area (Å²) in [6.45, 7) is 3.48. The van der Waals surface area contributed by atoms with E-state index in [4.69, 9.17) is 9.15 Å². The number of amides is 1. The smallest absolute Gasteiger partial charge is 0.361 e. The van der Waals surface area contributed by atoms with Gasteiger partial charge in [0.2, 0.25) is 0 Å². The highest BCUT2D eigenvalue weighted by Gasteiger charge is 2.22. The lowest BCUT2D eigenvalue weighted by Crippen LogP contribution is -2.30. The number of hydrogen-bond donors (Lipinski definition) is 3. The van der Waals surface area contributed by atoms with Crippen molar-refractivity contribution in [2.75, 3.05) is 18.4 Å². The summed E-state index contributed by atoms with van der Waals surface area (Å²) in [7, 11) is 0. The first-order valence-corrected chi connectivity index (χ1v) is 9.28. The van der Waals surface area contributed by atoms with Crippen molar-refractivity contribution in [1.82, 2.24) is 25.9 Å². The van der Waals surface area contributed by atoms with E-state index in [1.807, 2.05) is 0 Å². The molecule has 0 aliphatic carbocycles. The Morgan fingerprint density at radius 2 is 2.14 bits per heavy atom. The second kappa shape index (κ2) is 8.23. The number of rotatable bonds is 5. The van der Waals surface area contributed by atoms with Gasteiger partial charge >= 0.3 is 11.6 Å². The summed E-state index contributed by atoms with van der Waals surface area (Å²) < 4.78 is 10.8. The van der Waals surface area contributed by atoms with Gasteiger partial charge in [-0.05, 0) is 67.4 Å². The number of aryl methyl sites for hydroxylation is 1. The summed E-state index contributed by atoms with van der Waals surface area (Å²) in [5, 5.41) is 19.1. The quantitative estimate of drug-likeness (QED) is 0.596. The van der Waals surface area contributed by atoms with Crippen LogP contribution in [-0.4, -0.2) is 39.6 Å². The molecule has 3 aromatic rings. The number of H-pyrrole nitrogens is 1. The Labute approximate surface area is 165 Å². The molecule has 1 saturated heterocycles. The van der Waals surface area contributed by atoms with Gasteiger partial charge in [0.1, 0.15) is 17.1 Å². The fraction of sp³-hybridized carbons (Fsp3) is 0.316. The first-order chi connectivity index (χ1) is 14.1. The maximum absolute atomic E-state index is 12.6. The molecule has 3 N–H and O–H groups in total. The number of anilines is 1. The van der Waals surface area contributed by atoms with E-state index >= 15 is 0 Å². The molecule has 4 rings (SSSR count). The van der Waals surface area contributed by atoms with Gasteiger partial charge in [-0.25, -0.2) is 4.79 Å². The van der Waals surface area contributed by atoms with Gasteiger partial charge < -0.3 is 19.8 Å². The molecule has 150 valence electrons. The SMILES string of the molecule is Cc1cc(C2CCCNC2)oc(=O)c1C(=O)Nc1ccc(Oc2nn[nH]n2)cc1. The van der Waals surface area contributed by atoms with Crippen LogP contribution >= 0.6 is 0 Å². The number of tetrazole rings is 1. The Balaban J connectivity index is 1.47. The van der Waals surface area contributed by atoms with Crippen LogP contribution in [0.25, 0.3) is 0 Å². The average molecular weight is 396 g/mol. The molecule has 1 aromatic carbocycles. The van der Waals surface area contributed by atoms with Gasteiger partial charge in [-0.3, -0.25) is 4.79 Å². The van der Waals surface area contributed by atoms with Crippen LogP contribution in [0.3, 0.4) is 0 Å². The molecule has 3 heterocycles. The molecule has 0 radical (unpaired) electrons. The van der Waals surface area contributed by atoms with Crippen LogP contribution in [0.2, 0.25) is 0 Å². The lowest BCUT2D eigenvalue weighted by atomic mass is 9.95. The number of piperidine rings is 1. The second-order valence-electron chi connectivity index (χ2n) is 6.81. The molecule has 1 amide bonds. The third kappa shape index (κ3) is 4.32. The van der Waals surface area contributed by atoms with Gasteiger partial charge in [0.05, 0.1) is 0 Å². The Kier molecular flexibility index (Phi) is 5.34. The van der Waals surface area contributed by atoms with E-state index in [9.17, 15) is 9.59 Å². The molecule has 1 fully saturated rings. The van der Waals surface area contributed by atoms with Gasteiger partial charge in [0.15, 0.2) is 0 Å². The van der Waals surface area contributed by atoms with E-state index in [-0.39, 0.29) is 17.5 Å². The summed E-state index contributed by atoms with van der Waals surface area (Å²) >= 11 is 0. The number of carbonyl (C=O) groups is 1. The van der Waals surface area contributed by atoms with E-state index in [0.717, 1.165) is 25.9 Å². The third-order valence-corrected chi connectivity index (χ3v) is 4.74. The van der Waals surface area contributed by atoms with Crippen molar-refractivity contribution in [3.05, 3.63) is 57.6 Å². The minimum absolute atomic E-state index is 0.00430. The van der Waals surface area contributed by atoms with Crippen LogP contribution in [-0.2, 0) is 0 Å². The largest absolute Gasteiger partial charge is 0.427 e. The normalized spacial score (nSPS) is 16.4. The molecule has 0 spiro atoms. The number of benzene rings is 1. The highest BCUT2D eigenvalue weighted by molar-refractivity contribution is 6.04. The maximum Gasteiger partial charge on any atom is 0.361 e. The number of hydrogen-bond acceptors (Lipinski definition) is 8. The summed E-state index contributed by atoms with van der Waals surface area (Å²) in [5.74, 6) is 0.736. The zero-order valence-electron chi connectivity index (χ0n) is 15.8. The summed E-state index contributed by atoms with van der Waals surface area (Å²) in [6.07, 6.45) is 1.99. The van der Waals surface area contributed by atoms with Crippen molar-refractivity contribution in [3.63, 3.8) is 0 Å². The lowest BCUT2D eigenvalue weighted by Gasteiger charge is -2.22. The van der Waals surface area contributed by atoms with Crippen molar-refractivity contribution >= 4 is 11.6 Å².